The van der Waals surface area contributed by atoms with E-state index in [0.717, 1.165) is 5.56 Å². The lowest BCUT2D eigenvalue weighted by molar-refractivity contribution is -0.117. The number of aromatic hydroxyl groups is 1. The van der Waals surface area contributed by atoms with E-state index >= 15 is 0 Å². The third-order valence-electron chi connectivity index (χ3n) is 1.64. The van der Waals surface area contributed by atoms with Crippen molar-refractivity contribution in [2.24, 2.45) is 0 Å². The van der Waals surface area contributed by atoms with Crippen LogP contribution in [0.4, 0.5) is 0 Å². The zero-order valence-corrected chi connectivity index (χ0v) is 8.21. The molecule has 14 heavy (non-hydrogen) atoms. The van der Waals surface area contributed by atoms with E-state index < -0.39 is 0 Å². The van der Waals surface area contributed by atoms with E-state index in [4.69, 9.17) is 16.7 Å². The summed E-state index contributed by atoms with van der Waals surface area (Å²) in [5.74, 6) is -0.193. The van der Waals surface area contributed by atoms with E-state index in [1.54, 1.807) is 24.3 Å². The Morgan fingerprint density at radius 1 is 1.43 bits per heavy atom. The second kappa shape index (κ2) is 4.67. The zero-order chi connectivity index (χ0) is 10.6. The quantitative estimate of drug-likeness (QED) is 0.749. The predicted molar refractivity (Wildman–Crippen MR) is 54.9 cm³/mol. The van der Waals surface area contributed by atoms with Gasteiger partial charge in [0.05, 0.1) is 5.03 Å². The summed E-state index contributed by atoms with van der Waals surface area (Å²) >= 11 is 5.37. The SMILES string of the molecule is C=C(Cl)C(=O)NCc1ccc(O)cc1. The molecule has 0 unspecified atom stereocenters. The van der Waals surface area contributed by atoms with E-state index in [9.17, 15) is 4.79 Å². The molecule has 0 aliphatic rings. The van der Waals surface area contributed by atoms with Crippen molar-refractivity contribution in [3.63, 3.8) is 0 Å². The fourth-order valence-electron chi connectivity index (χ4n) is 0.892. The molecule has 0 aliphatic heterocycles. The number of carbonyl (C=O) groups excluding carboxylic acids is 1. The molecule has 0 saturated heterocycles. The molecular weight excluding hydrogens is 202 g/mol. The third-order valence-corrected chi connectivity index (χ3v) is 1.81. The van der Waals surface area contributed by atoms with Gasteiger partial charge in [-0.2, -0.15) is 0 Å². The van der Waals surface area contributed by atoms with E-state index in [2.05, 4.69) is 11.9 Å². The van der Waals surface area contributed by atoms with Crippen LogP contribution in [-0.2, 0) is 11.3 Å². The molecule has 0 heterocycles. The molecule has 0 bridgehead atoms. The van der Waals surface area contributed by atoms with Gasteiger partial charge in [0.1, 0.15) is 5.75 Å². The highest BCUT2D eigenvalue weighted by molar-refractivity contribution is 6.41. The van der Waals surface area contributed by atoms with Gasteiger partial charge in [-0.25, -0.2) is 0 Å². The Labute approximate surface area is 87.0 Å². The summed E-state index contributed by atoms with van der Waals surface area (Å²) in [6.07, 6.45) is 0. The van der Waals surface area contributed by atoms with E-state index in [1.807, 2.05) is 0 Å². The number of hydrogen-bond donors (Lipinski definition) is 2. The maximum absolute atomic E-state index is 11.0. The Morgan fingerprint density at radius 2 is 2.00 bits per heavy atom. The fourth-order valence-corrected chi connectivity index (χ4v) is 0.959. The van der Waals surface area contributed by atoms with Crippen LogP contribution >= 0.6 is 11.6 Å². The zero-order valence-electron chi connectivity index (χ0n) is 7.46. The highest BCUT2D eigenvalue weighted by Crippen LogP contribution is 2.09. The molecule has 0 aromatic heterocycles. The minimum absolute atomic E-state index is 0.0382. The van der Waals surface area contributed by atoms with E-state index in [1.165, 1.54) is 0 Å². The second-order valence-electron chi connectivity index (χ2n) is 2.75. The van der Waals surface area contributed by atoms with Crippen LogP contribution in [0.1, 0.15) is 5.56 Å². The van der Waals surface area contributed by atoms with Crippen molar-refractivity contribution < 1.29 is 9.90 Å². The Hall–Kier alpha value is -1.48. The van der Waals surface area contributed by atoms with Crippen LogP contribution in [0.2, 0.25) is 0 Å². The van der Waals surface area contributed by atoms with Gasteiger partial charge in [-0.05, 0) is 17.7 Å². The van der Waals surface area contributed by atoms with Crippen molar-refractivity contribution in [2.75, 3.05) is 0 Å². The Morgan fingerprint density at radius 3 is 2.50 bits per heavy atom. The number of rotatable bonds is 3. The average Bonchev–Trinajstić information content (AvgIpc) is 2.16. The van der Waals surface area contributed by atoms with Crippen LogP contribution < -0.4 is 5.32 Å². The monoisotopic (exact) mass is 211 g/mol. The second-order valence-corrected chi connectivity index (χ2v) is 3.21. The summed E-state index contributed by atoms with van der Waals surface area (Å²) in [7, 11) is 0. The lowest BCUT2D eigenvalue weighted by Crippen LogP contribution is -2.22. The van der Waals surface area contributed by atoms with Gasteiger partial charge in [0.15, 0.2) is 0 Å². The molecule has 4 heteroatoms. The Bertz CT molecular complexity index is 346. The fraction of sp³-hybridized carbons (Fsp3) is 0.100. The van der Waals surface area contributed by atoms with Gasteiger partial charge in [0.2, 0.25) is 0 Å². The van der Waals surface area contributed by atoms with Crippen LogP contribution in [0, 0.1) is 0 Å². The first-order valence-electron chi connectivity index (χ1n) is 4.00. The first-order valence-corrected chi connectivity index (χ1v) is 4.38. The molecule has 1 amide bonds. The van der Waals surface area contributed by atoms with Crippen LogP contribution in [-0.4, -0.2) is 11.0 Å². The highest BCUT2D eigenvalue weighted by Gasteiger charge is 2.02. The summed E-state index contributed by atoms with van der Waals surface area (Å²) in [5, 5.41) is 11.5. The van der Waals surface area contributed by atoms with Gasteiger partial charge in [-0.3, -0.25) is 4.79 Å². The number of halogens is 1. The Balaban J connectivity index is 2.50. The molecule has 1 aromatic rings. The first kappa shape index (κ1) is 10.6. The van der Waals surface area contributed by atoms with Crippen molar-refractivity contribution in [2.45, 2.75) is 6.54 Å². The molecule has 1 aromatic carbocycles. The summed E-state index contributed by atoms with van der Waals surface area (Å²) in [6.45, 7) is 3.66. The summed E-state index contributed by atoms with van der Waals surface area (Å²) in [6, 6.07) is 6.53. The number of amides is 1. The molecule has 0 atom stereocenters. The van der Waals surface area contributed by atoms with Crippen LogP contribution in [0.5, 0.6) is 5.75 Å². The molecular formula is C10H10ClNO2. The molecule has 0 aliphatic carbocycles. The number of benzene rings is 1. The normalized spacial score (nSPS) is 9.50. The number of carbonyl (C=O) groups is 1. The molecule has 0 saturated carbocycles. The minimum atomic E-state index is -0.389. The number of phenolic OH excluding ortho intramolecular Hbond substituents is 1. The third kappa shape index (κ3) is 3.11. The Kier molecular flexibility index (Phi) is 3.54. The van der Waals surface area contributed by atoms with Crippen LogP contribution in [0.15, 0.2) is 35.9 Å². The van der Waals surface area contributed by atoms with Crippen molar-refractivity contribution in [1.29, 1.82) is 0 Å². The summed E-state index contributed by atoms with van der Waals surface area (Å²) < 4.78 is 0. The van der Waals surface area contributed by atoms with Gasteiger partial charge >= 0.3 is 0 Å². The maximum atomic E-state index is 11.0. The van der Waals surface area contributed by atoms with Gasteiger partial charge in [0, 0.05) is 6.54 Å². The van der Waals surface area contributed by atoms with Gasteiger partial charge in [-0.15, -0.1) is 0 Å². The predicted octanol–water partition coefficient (Wildman–Crippen LogP) is 1.76. The van der Waals surface area contributed by atoms with E-state index in [0.29, 0.717) is 6.54 Å². The highest BCUT2D eigenvalue weighted by atomic mass is 35.5. The standard InChI is InChI=1S/C10H10ClNO2/c1-7(11)10(14)12-6-8-2-4-9(13)5-3-8/h2-5,13H,1,6H2,(H,12,14). The van der Waals surface area contributed by atoms with Gasteiger partial charge in [0.25, 0.3) is 5.91 Å². The molecule has 0 fully saturated rings. The molecule has 74 valence electrons. The molecule has 0 spiro atoms. The molecule has 1 rings (SSSR count). The maximum Gasteiger partial charge on any atom is 0.262 e. The number of nitrogens with one attached hydrogen (secondary N) is 1. The lowest BCUT2D eigenvalue weighted by atomic mass is 10.2. The molecule has 0 radical (unpaired) electrons. The largest absolute Gasteiger partial charge is 0.508 e. The van der Waals surface area contributed by atoms with E-state index in [-0.39, 0.29) is 16.7 Å². The molecule has 3 nitrogen and oxygen atoms in total. The first-order chi connectivity index (χ1) is 6.59. The van der Waals surface area contributed by atoms with Gasteiger partial charge < -0.3 is 10.4 Å². The van der Waals surface area contributed by atoms with Crippen molar-refractivity contribution >= 4 is 17.5 Å². The number of hydrogen-bond acceptors (Lipinski definition) is 2. The lowest BCUT2D eigenvalue weighted by Gasteiger charge is -2.03. The van der Waals surface area contributed by atoms with Crippen LogP contribution in [0.3, 0.4) is 0 Å². The molecule has 2 N–H and O–H groups in total. The van der Waals surface area contributed by atoms with Gasteiger partial charge in [-0.1, -0.05) is 30.3 Å². The van der Waals surface area contributed by atoms with Crippen molar-refractivity contribution in [1.82, 2.24) is 5.32 Å². The van der Waals surface area contributed by atoms with Crippen molar-refractivity contribution in [3.8, 4) is 5.75 Å². The smallest absolute Gasteiger partial charge is 0.262 e. The van der Waals surface area contributed by atoms with Crippen LogP contribution in [0.25, 0.3) is 0 Å². The average molecular weight is 212 g/mol. The van der Waals surface area contributed by atoms with Crippen molar-refractivity contribution in [3.05, 3.63) is 41.4 Å². The topological polar surface area (TPSA) is 49.3 Å². The summed E-state index contributed by atoms with van der Waals surface area (Å²) in [5.41, 5.74) is 0.883. The summed E-state index contributed by atoms with van der Waals surface area (Å²) in [4.78, 5) is 11.0. The number of phenols is 1. The minimum Gasteiger partial charge on any atom is -0.508 e.